The Bertz CT molecular complexity index is 1470. The maximum atomic E-state index is 13.2. The number of hydrogen-bond donors (Lipinski definition) is 3. The number of halogens is 1. The number of H-pyrrole nitrogens is 1. The molecule has 200 valence electrons. The lowest BCUT2D eigenvalue weighted by Crippen LogP contribution is -2.44. The Kier molecular flexibility index (Phi) is 8.68. The van der Waals surface area contributed by atoms with Gasteiger partial charge in [0.1, 0.15) is 23.1 Å². The molecular weight excluding hydrogens is 508 g/mol. The van der Waals surface area contributed by atoms with Gasteiger partial charge in [0.15, 0.2) is 5.58 Å². The van der Waals surface area contributed by atoms with E-state index in [9.17, 15) is 14.4 Å². The van der Waals surface area contributed by atoms with Gasteiger partial charge in [0.2, 0.25) is 5.91 Å². The summed E-state index contributed by atoms with van der Waals surface area (Å²) in [5, 5.41) is 6.96. The highest BCUT2D eigenvalue weighted by molar-refractivity contribution is 6.31. The lowest BCUT2D eigenvalue weighted by molar-refractivity contribution is -0.126. The van der Waals surface area contributed by atoms with Crippen LogP contribution in [0.4, 0.5) is 6.01 Å². The highest BCUT2D eigenvalue weighted by Crippen LogP contribution is 2.27. The summed E-state index contributed by atoms with van der Waals surface area (Å²) in [7, 11) is 1.60. The molecule has 4 aromatic rings. The number of ether oxygens (including phenoxy) is 1. The molecule has 2 aromatic heterocycles. The van der Waals surface area contributed by atoms with E-state index in [2.05, 4.69) is 20.6 Å². The van der Waals surface area contributed by atoms with Crippen LogP contribution in [0.15, 0.2) is 40.8 Å². The van der Waals surface area contributed by atoms with Crippen LogP contribution in [0.3, 0.4) is 0 Å². The van der Waals surface area contributed by atoms with E-state index in [0.717, 1.165) is 35.0 Å². The Labute approximate surface area is 225 Å². The standard InChI is InChI=1S/C28H31ClN4O5/c1-16(34)7-5-4-6-8-23(27(36)33-28-32-24-13-18(29)9-12-25(24)38-28)31-26(35)15-20-17(2)30-22-11-10-19(37-3)14-21(20)22/h9-14,23,30H,4-8,15H2,1-3H3,(H,31,35)(H,32,33,36). The number of methoxy groups -OCH3 is 1. The van der Waals surface area contributed by atoms with E-state index in [1.807, 2.05) is 25.1 Å². The molecule has 0 saturated carbocycles. The monoisotopic (exact) mass is 538 g/mol. The smallest absolute Gasteiger partial charge is 0.302 e. The van der Waals surface area contributed by atoms with Gasteiger partial charge in [0.05, 0.1) is 13.5 Å². The molecule has 0 aliphatic carbocycles. The van der Waals surface area contributed by atoms with E-state index in [1.54, 1.807) is 32.2 Å². The molecule has 0 saturated heterocycles. The van der Waals surface area contributed by atoms with Crippen LogP contribution < -0.4 is 15.4 Å². The molecule has 1 atom stereocenters. The Morgan fingerprint density at radius 2 is 1.95 bits per heavy atom. The number of carbonyl (C=O) groups is 3. The normalized spacial score (nSPS) is 12.0. The van der Waals surface area contributed by atoms with E-state index < -0.39 is 11.9 Å². The summed E-state index contributed by atoms with van der Waals surface area (Å²) in [6.07, 6.45) is 3.16. The minimum Gasteiger partial charge on any atom is -0.497 e. The number of carbonyl (C=O) groups excluding carboxylic acids is 3. The molecule has 0 spiro atoms. The lowest BCUT2D eigenvalue weighted by atomic mass is 10.0. The van der Waals surface area contributed by atoms with Crippen LogP contribution in [0.2, 0.25) is 5.02 Å². The summed E-state index contributed by atoms with van der Waals surface area (Å²) in [6.45, 7) is 3.47. The number of benzene rings is 2. The number of aromatic nitrogens is 2. The average molecular weight is 539 g/mol. The first-order valence-electron chi connectivity index (χ1n) is 12.5. The maximum Gasteiger partial charge on any atom is 0.302 e. The predicted octanol–water partition coefficient (Wildman–Crippen LogP) is 5.49. The fourth-order valence-electron chi connectivity index (χ4n) is 4.44. The van der Waals surface area contributed by atoms with E-state index in [4.69, 9.17) is 20.8 Å². The van der Waals surface area contributed by atoms with Gasteiger partial charge in [-0.15, -0.1) is 0 Å². The minimum absolute atomic E-state index is 0.0302. The highest BCUT2D eigenvalue weighted by atomic mass is 35.5. The number of ketones is 1. The van der Waals surface area contributed by atoms with Crippen LogP contribution in [0, 0.1) is 6.92 Å². The lowest BCUT2D eigenvalue weighted by Gasteiger charge is -2.17. The second-order valence-corrected chi connectivity index (χ2v) is 9.80. The Morgan fingerprint density at radius 3 is 2.71 bits per heavy atom. The first-order valence-corrected chi connectivity index (χ1v) is 12.9. The van der Waals surface area contributed by atoms with Crippen LogP contribution in [-0.2, 0) is 20.8 Å². The van der Waals surface area contributed by atoms with E-state index in [-0.39, 0.29) is 24.1 Å². The largest absolute Gasteiger partial charge is 0.497 e. The molecule has 0 radical (unpaired) electrons. The molecule has 0 fully saturated rings. The van der Waals surface area contributed by atoms with Crippen LogP contribution in [0.25, 0.3) is 22.0 Å². The molecule has 0 aliphatic rings. The van der Waals surface area contributed by atoms with Crippen molar-refractivity contribution in [2.24, 2.45) is 0 Å². The minimum atomic E-state index is -0.807. The van der Waals surface area contributed by atoms with Crippen molar-refractivity contribution in [2.45, 2.75) is 58.4 Å². The van der Waals surface area contributed by atoms with Crippen molar-refractivity contribution in [3.05, 3.63) is 52.7 Å². The maximum absolute atomic E-state index is 13.2. The summed E-state index contributed by atoms with van der Waals surface area (Å²) >= 11 is 6.02. The zero-order valence-electron chi connectivity index (χ0n) is 21.7. The van der Waals surface area contributed by atoms with E-state index >= 15 is 0 Å². The van der Waals surface area contributed by atoms with Gasteiger partial charge in [-0.2, -0.15) is 4.98 Å². The van der Waals surface area contributed by atoms with Crippen LogP contribution in [0.1, 0.15) is 50.3 Å². The van der Waals surface area contributed by atoms with Crippen molar-refractivity contribution < 1.29 is 23.5 Å². The topological polar surface area (TPSA) is 126 Å². The van der Waals surface area contributed by atoms with Crippen LogP contribution in [-0.4, -0.2) is 40.7 Å². The van der Waals surface area contributed by atoms with Crippen molar-refractivity contribution >= 4 is 57.2 Å². The number of aromatic amines is 1. The average Bonchev–Trinajstić information content (AvgIpc) is 3.41. The zero-order valence-corrected chi connectivity index (χ0v) is 22.4. The number of oxazole rings is 1. The highest BCUT2D eigenvalue weighted by Gasteiger charge is 2.24. The third-order valence-electron chi connectivity index (χ3n) is 6.42. The number of rotatable bonds is 12. The fraction of sp³-hybridized carbons (Fsp3) is 0.357. The number of anilines is 1. The molecule has 2 heterocycles. The van der Waals surface area contributed by atoms with Gasteiger partial charge >= 0.3 is 6.01 Å². The van der Waals surface area contributed by atoms with Crippen molar-refractivity contribution in [2.75, 3.05) is 12.4 Å². The van der Waals surface area contributed by atoms with Crippen molar-refractivity contribution in [3.8, 4) is 5.75 Å². The molecule has 2 aromatic carbocycles. The van der Waals surface area contributed by atoms with Gasteiger partial charge in [0.25, 0.3) is 5.91 Å². The third kappa shape index (κ3) is 6.72. The van der Waals surface area contributed by atoms with Gasteiger partial charge in [0, 0.05) is 28.0 Å². The van der Waals surface area contributed by atoms with Crippen molar-refractivity contribution in [1.29, 1.82) is 0 Å². The number of amides is 2. The Hall–Kier alpha value is -3.85. The zero-order chi connectivity index (χ0) is 27.2. The molecule has 3 N–H and O–H groups in total. The SMILES string of the molecule is COc1ccc2[nH]c(C)c(CC(=O)NC(CCCCCC(C)=O)C(=O)Nc3nc4cc(Cl)ccc4o3)c2c1. The molecule has 0 bridgehead atoms. The molecule has 9 nitrogen and oxygen atoms in total. The molecule has 1 unspecified atom stereocenters. The quantitative estimate of drug-likeness (QED) is 0.205. The Morgan fingerprint density at radius 1 is 1.13 bits per heavy atom. The number of nitrogens with one attached hydrogen (secondary N) is 3. The first kappa shape index (κ1) is 27.2. The second kappa shape index (κ2) is 12.1. The summed E-state index contributed by atoms with van der Waals surface area (Å²) in [5.74, 6) is 0.111. The van der Waals surface area contributed by atoms with Crippen LogP contribution in [0.5, 0.6) is 5.75 Å². The molecule has 4 rings (SSSR count). The summed E-state index contributed by atoms with van der Waals surface area (Å²) in [5.41, 5.74) is 3.62. The van der Waals surface area contributed by atoms with Gasteiger partial charge in [-0.05, 0) is 68.7 Å². The number of aryl methyl sites for hydroxylation is 1. The molecular formula is C28H31ClN4O5. The molecule has 2 amide bonds. The van der Waals surface area contributed by atoms with Crippen molar-refractivity contribution in [3.63, 3.8) is 0 Å². The van der Waals surface area contributed by atoms with E-state index in [0.29, 0.717) is 41.1 Å². The Balaban J connectivity index is 1.47. The number of fused-ring (bicyclic) bond motifs is 2. The van der Waals surface area contributed by atoms with Gasteiger partial charge in [-0.25, -0.2) is 0 Å². The number of Topliss-reactive ketones (excluding diaryl/α,β-unsaturated/α-hetero) is 1. The van der Waals surface area contributed by atoms with Crippen molar-refractivity contribution in [1.82, 2.24) is 15.3 Å². The first-order chi connectivity index (χ1) is 18.2. The number of nitrogens with zero attached hydrogens (tertiary/aromatic N) is 1. The summed E-state index contributed by atoms with van der Waals surface area (Å²) in [6, 6.07) is 9.87. The molecule has 0 aliphatic heterocycles. The summed E-state index contributed by atoms with van der Waals surface area (Å²) < 4.78 is 11.0. The van der Waals surface area contributed by atoms with Gasteiger partial charge in [-0.3, -0.25) is 14.9 Å². The van der Waals surface area contributed by atoms with Gasteiger partial charge < -0.3 is 24.2 Å². The molecule has 38 heavy (non-hydrogen) atoms. The second-order valence-electron chi connectivity index (χ2n) is 9.36. The van der Waals surface area contributed by atoms with Crippen LogP contribution >= 0.6 is 11.6 Å². The number of unbranched alkanes of at least 4 members (excludes halogenated alkanes) is 2. The fourth-order valence-corrected chi connectivity index (χ4v) is 4.60. The van der Waals surface area contributed by atoms with Gasteiger partial charge in [-0.1, -0.05) is 24.4 Å². The molecule has 10 heteroatoms. The third-order valence-corrected chi connectivity index (χ3v) is 6.65. The predicted molar refractivity (Wildman–Crippen MR) is 147 cm³/mol. The van der Waals surface area contributed by atoms with E-state index in [1.165, 1.54) is 0 Å². The summed E-state index contributed by atoms with van der Waals surface area (Å²) in [4.78, 5) is 45.2. The number of hydrogen-bond acceptors (Lipinski definition) is 6.